The van der Waals surface area contributed by atoms with Gasteiger partial charge >= 0.3 is 12.1 Å². The number of fused-ring (bicyclic) bond motifs is 1. The summed E-state index contributed by atoms with van der Waals surface area (Å²) in [6.45, 7) is 3.28. The number of rotatable bonds is 3. The summed E-state index contributed by atoms with van der Waals surface area (Å²) < 4.78 is 38.4. The van der Waals surface area contributed by atoms with E-state index < -0.39 is 34.9 Å². The van der Waals surface area contributed by atoms with Crippen molar-refractivity contribution in [2.45, 2.75) is 38.4 Å². The van der Waals surface area contributed by atoms with Crippen LogP contribution in [0.1, 0.15) is 42.6 Å². The molecule has 0 bridgehead atoms. The van der Waals surface area contributed by atoms with Gasteiger partial charge in [0.2, 0.25) is 0 Å². The maximum atomic E-state index is 12.8. The highest BCUT2D eigenvalue weighted by Crippen LogP contribution is 2.41. The van der Waals surface area contributed by atoms with E-state index in [1.54, 1.807) is 13.8 Å². The molecule has 22 heavy (non-hydrogen) atoms. The molecule has 0 spiro atoms. The normalized spacial score (nSPS) is 24.6. The van der Waals surface area contributed by atoms with Gasteiger partial charge in [0.1, 0.15) is 5.54 Å². The molecule has 2 rings (SSSR count). The number of carboxylic acids is 1. The standard InChI is InChI=1S/C15H16F3NO3/c1-3-10-12(20)9-7-8(15(16,17)18)5-6-11(9)19-14(10,4-2)13(21)22/h5-7,10,19H,3-4H2,1-2H3,(H,21,22)/t10?,14-/m0/s1. The Bertz CT molecular complexity index is 627. The summed E-state index contributed by atoms with van der Waals surface area (Å²) in [7, 11) is 0. The van der Waals surface area contributed by atoms with E-state index in [2.05, 4.69) is 5.32 Å². The monoisotopic (exact) mass is 315 g/mol. The van der Waals surface area contributed by atoms with Crippen molar-refractivity contribution in [3.05, 3.63) is 29.3 Å². The maximum absolute atomic E-state index is 12.8. The molecule has 4 nitrogen and oxygen atoms in total. The number of halogens is 3. The number of carbonyl (C=O) groups excluding carboxylic acids is 1. The number of Topliss-reactive ketones (excluding diaryl/α,β-unsaturated/α-hetero) is 1. The zero-order valence-corrected chi connectivity index (χ0v) is 12.1. The predicted molar refractivity (Wildman–Crippen MR) is 73.8 cm³/mol. The molecule has 1 aromatic rings. The predicted octanol–water partition coefficient (Wildman–Crippen LogP) is 3.57. The number of carboxylic acid groups (broad SMARTS) is 1. The van der Waals surface area contributed by atoms with Crippen LogP contribution in [-0.2, 0) is 11.0 Å². The molecule has 7 heteroatoms. The summed E-state index contributed by atoms with van der Waals surface area (Å²) in [5.41, 5.74) is -2.38. The fraction of sp³-hybridized carbons (Fsp3) is 0.467. The quantitative estimate of drug-likeness (QED) is 0.895. The molecule has 0 fully saturated rings. The summed E-state index contributed by atoms with van der Waals surface area (Å²) >= 11 is 0. The lowest BCUT2D eigenvalue weighted by Gasteiger charge is -2.41. The first-order chi connectivity index (χ1) is 10.2. The Kier molecular flexibility index (Phi) is 3.93. The lowest BCUT2D eigenvalue weighted by atomic mass is 9.72. The minimum atomic E-state index is -4.55. The van der Waals surface area contributed by atoms with Crippen LogP contribution in [0.5, 0.6) is 0 Å². The highest BCUT2D eigenvalue weighted by Gasteiger charge is 2.51. The lowest BCUT2D eigenvalue weighted by molar-refractivity contribution is -0.144. The Morgan fingerprint density at radius 3 is 2.45 bits per heavy atom. The second-order valence-corrected chi connectivity index (χ2v) is 5.34. The fourth-order valence-electron chi connectivity index (χ4n) is 2.99. The smallest absolute Gasteiger partial charge is 0.416 e. The number of ketones is 1. The van der Waals surface area contributed by atoms with Gasteiger partial charge in [-0.05, 0) is 31.0 Å². The average Bonchev–Trinajstić information content (AvgIpc) is 2.45. The van der Waals surface area contributed by atoms with Crippen LogP contribution in [0.15, 0.2) is 18.2 Å². The molecule has 0 saturated carbocycles. The molecule has 120 valence electrons. The first-order valence-electron chi connectivity index (χ1n) is 6.94. The molecular weight excluding hydrogens is 299 g/mol. The topological polar surface area (TPSA) is 66.4 Å². The van der Waals surface area contributed by atoms with Crippen molar-refractivity contribution in [1.82, 2.24) is 0 Å². The van der Waals surface area contributed by atoms with E-state index in [0.29, 0.717) is 0 Å². The third-order valence-electron chi connectivity index (χ3n) is 4.23. The van der Waals surface area contributed by atoms with E-state index in [4.69, 9.17) is 0 Å². The van der Waals surface area contributed by atoms with E-state index >= 15 is 0 Å². The summed E-state index contributed by atoms with van der Waals surface area (Å²) in [6, 6.07) is 2.75. The van der Waals surface area contributed by atoms with Crippen LogP contribution in [0.3, 0.4) is 0 Å². The number of aliphatic carboxylic acids is 1. The molecule has 1 aliphatic heterocycles. The van der Waals surface area contributed by atoms with E-state index in [1.165, 1.54) is 0 Å². The number of nitrogens with one attached hydrogen (secondary N) is 1. The molecule has 1 heterocycles. The van der Waals surface area contributed by atoms with E-state index in [1.807, 2.05) is 0 Å². The molecule has 0 aromatic heterocycles. The molecule has 0 radical (unpaired) electrons. The van der Waals surface area contributed by atoms with E-state index in [0.717, 1.165) is 18.2 Å². The first-order valence-corrected chi connectivity index (χ1v) is 6.94. The number of hydrogen-bond acceptors (Lipinski definition) is 3. The average molecular weight is 315 g/mol. The summed E-state index contributed by atoms with van der Waals surface area (Å²) in [5.74, 6) is -2.65. The Morgan fingerprint density at radius 2 is 2.00 bits per heavy atom. The molecular formula is C15H16F3NO3. The summed E-state index contributed by atoms with van der Waals surface area (Å²) in [4.78, 5) is 24.2. The van der Waals surface area contributed by atoms with Crippen LogP contribution in [0.2, 0.25) is 0 Å². The van der Waals surface area contributed by atoms with Crippen LogP contribution in [-0.4, -0.2) is 22.4 Å². The van der Waals surface area contributed by atoms with E-state index in [-0.39, 0.29) is 24.1 Å². The Hall–Kier alpha value is -2.05. The van der Waals surface area contributed by atoms with Crippen molar-refractivity contribution in [1.29, 1.82) is 0 Å². The first kappa shape index (κ1) is 16.3. The van der Waals surface area contributed by atoms with Gasteiger partial charge < -0.3 is 10.4 Å². The minimum Gasteiger partial charge on any atom is -0.479 e. The van der Waals surface area contributed by atoms with Crippen molar-refractivity contribution in [2.24, 2.45) is 5.92 Å². The third kappa shape index (κ3) is 2.34. The molecule has 2 atom stereocenters. The highest BCUT2D eigenvalue weighted by atomic mass is 19.4. The van der Waals surface area contributed by atoms with Crippen molar-refractivity contribution in [2.75, 3.05) is 5.32 Å². The number of benzene rings is 1. The maximum Gasteiger partial charge on any atom is 0.416 e. The van der Waals surface area contributed by atoms with Gasteiger partial charge in [0, 0.05) is 11.3 Å². The van der Waals surface area contributed by atoms with Gasteiger partial charge in [-0.2, -0.15) is 13.2 Å². The molecule has 2 N–H and O–H groups in total. The van der Waals surface area contributed by atoms with Gasteiger partial charge in [0.05, 0.1) is 11.5 Å². The van der Waals surface area contributed by atoms with Gasteiger partial charge in [-0.3, -0.25) is 4.79 Å². The number of hydrogen-bond donors (Lipinski definition) is 2. The van der Waals surface area contributed by atoms with Crippen LogP contribution in [0, 0.1) is 5.92 Å². The summed E-state index contributed by atoms with van der Waals surface area (Å²) in [6.07, 6.45) is -4.18. The number of anilines is 1. The Balaban J connectivity index is 2.60. The van der Waals surface area contributed by atoms with Crippen molar-refractivity contribution in [3.8, 4) is 0 Å². The van der Waals surface area contributed by atoms with Crippen LogP contribution >= 0.6 is 0 Å². The summed E-state index contributed by atoms with van der Waals surface area (Å²) in [5, 5.41) is 12.3. The van der Waals surface area contributed by atoms with Gasteiger partial charge in [0.25, 0.3) is 0 Å². The fourth-order valence-corrected chi connectivity index (χ4v) is 2.99. The van der Waals surface area contributed by atoms with Crippen LogP contribution < -0.4 is 5.32 Å². The van der Waals surface area contributed by atoms with Crippen molar-refractivity contribution >= 4 is 17.4 Å². The van der Waals surface area contributed by atoms with Gasteiger partial charge in [-0.25, -0.2) is 4.79 Å². The number of carbonyl (C=O) groups is 2. The van der Waals surface area contributed by atoms with Crippen LogP contribution in [0.25, 0.3) is 0 Å². The second-order valence-electron chi connectivity index (χ2n) is 5.34. The van der Waals surface area contributed by atoms with Crippen molar-refractivity contribution < 1.29 is 27.9 Å². The van der Waals surface area contributed by atoms with Gasteiger partial charge in [-0.15, -0.1) is 0 Å². The van der Waals surface area contributed by atoms with E-state index in [9.17, 15) is 27.9 Å². The Morgan fingerprint density at radius 1 is 1.36 bits per heavy atom. The number of alkyl halides is 3. The molecule has 0 amide bonds. The third-order valence-corrected chi connectivity index (χ3v) is 4.23. The minimum absolute atomic E-state index is 0.105. The van der Waals surface area contributed by atoms with Crippen molar-refractivity contribution in [3.63, 3.8) is 0 Å². The van der Waals surface area contributed by atoms with Gasteiger partial charge in [0.15, 0.2) is 5.78 Å². The largest absolute Gasteiger partial charge is 0.479 e. The zero-order valence-electron chi connectivity index (χ0n) is 12.1. The molecule has 0 saturated heterocycles. The lowest BCUT2D eigenvalue weighted by Crippen LogP contribution is -2.57. The second kappa shape index (κ2) is 5.30. The highest BCUT2D eigenvalue weighted by molar-refractivity contribution is 6.09. The Labute approximate surface area is 125 Å². The van der Waals surface area contributed by atoms with Gasteiger partial charge in [-0.1, -0.05) is 13.8 Å². The molecule has 1 aromatic carbocycles. The van der Waals surface area contributed by atoms with Crippen LogP contribution in [0.4, 0.5) is 18.9 Å². The zero-order chi connectivity index (χ0) is 16.7. The molecule has 0 aliphatic carbocycles. The molecule has 1 unspecified atom stereocenters. The SMILES string of the molecule is CCC1C(=O)c2cc(C(F)(F)F)ccc2N[C@]1(CC)C(=O)O. The molecule has 1 aliphatic rings.